The second kappa shape index (κ2) is 6.35. The molecule has 0 unspecified atom stereocenters. The van der Waals surface area contributed by atoms with E-state index in [2.05, 4.69) is 19.2 Å². The van der Waals surface area contributed by atoms with Crippen LogP contribution in [0.5, 0.6) is 0 Å². The van der Waals surface area contributed by atoms with Gasteiger partial charge in [0.15, 0.2) is 0 Å². The van der Waals surface area contributed by atoms with Gasteiger partial charge in [-0.25, -0.2) is 0 Å². The molecule has 0 radical (unpaired) electrons. The molecule has 2 nitrogen and oxygen atoms in total. The van der Waals surface area contributed by atoms with Gasteiger partial charge < -0.3 is 5.32 Å². The summed E-state index contributed by atoms with van der Waals surface area (Å²) in [5.41, 5.74) is 0. The minimum Gasteiger partial charge on any atom is -0.317 e. The molecule has 0 aromatic rings. The van der Waals surface area contributed by atoms with Crippen LogP contribution in [0.3, 0.4) is 0 Å². The van der Waals surface area contributed by atoms with E-state index in [4.69, 9.17) is 0 Å². The van der Waals surface area contributed by atoms with Crippen LogP contribution in [0.4, 0.5) is 0 Å². The summed E-state index contributed by atoms with van der Waals surface area (Å²) >= 11 is 0. The highest BCUT2D eigenvalue weighted by Gasteiger charge is 2.03. The van der Waals surface area contributed by atoms with Gasteiger partial charge in [0, 0.05) is 19.4 Å². The molecular formula is C9H19NO. The van der Waals surface area contributed by atoms with Crippen molar-refractivity contribution in [2.75, 3.05) is 13.1 Å². The normalized spacial score (nSPS) is 10.5. The molecule has 0 atom stereocenters. The molecule has 1 N–H and O–H groups in total. The number of hydrogen-bond acceptors (Lipinski definition) is 2. The molecule has 11 heavy (non-hydrogen) atoms. The number of nitrogens with one attached hydrogen (secondary N) is 1. The molecule has 0 aliphatic heterocycles. The number of carbonyl (C=O) groups excluding carboxylic acids is 1. The standard InChI is InChI=1S/C9H19NO/c1-4-10-6-5-9(11)7-8(2)3/h8,10H,4-7H2,1-3H3. The topological polar surface area (TPSA) is 29.1 Å². The van der Waals surface area contributed by atoms with Crippen LogP contribution in [0.15, 0.2) is 0 Å². The molecule has 0 bridgehead atoms. The van der Waals surface area contributed by atoms with Crippen molar-refractivity contribution in [2.24, 2.45) is 5.92 Å². The summed E-state index contributed by atoms with van der Waals surface area (Å²) in [7, 11) is 0. The summed E-state index contributed by atoms with van der Waals surface area (Å²) in [4.78, 5) is 11.1. The first-order valence-corrected chi connectivity index (χ1v) is 4.39. The third-order valence-electron chi connectivity index (χ3n) is 1.47. The van der Waals surface area contributed by atoms with Crippen molar-refractivity contribution in [3.63, 3.8) is 0 Å². The zero-order valence-electron chi connectivity index (χ0n) is 7.81. The monoisotopic (exact) mass is 157 g/mol. The minimum atomic E-state index is 0.376. The van der Waals surface area contributed by atoms with Gasteiger partial charge in [0.05, 0.1) is 0 Å². The molecule has 0 saturated heterocycles. The van der Waals surface area contributed by atoms with E-state index >= 15 is 0 Å². The molecule has 0 aromatic heterocycles. The van der Waals surface area contributed by atoms with E-state index in [9.17, 15) is 4.79 Å². The third-order valence-corrected chi connectivity index (χ3v) is 1.47. The van der Waals surface area contributed by atoms with E-state index in [1.165, 1.54) is 0 Å². The van der Waals surface area contributed by atoms with Gasteiger partial charge in [0.2, 0.25) is 0 Å². The molecule has 0 aromatic carbocycles. The Kier molecular flexibility index (Phi) is 6.13. The van der Waals surface area contributed by atoms with E-state index in [0.29, 0.717) is 18.1 Å². The zero-order chi connectivity index (χ0) is 8.69. The zero-order valence-corrected chi connectivity index (χ0v) is 7.81. The lowest BCUT2D eigenvalue weighted by Crippen LogP contribution is -2.18. The summed E-state index contributed by atoms with van der Waals surface area (Å²) in [6, 6.07) is 0. The Labute approximate surface area is 69.4 Å². The Balaban J connectivity index is 3.23. The van der Waals surface area contributed by atoms with Crippen LogP contribution in [-0.4, -0.2) is 18.9 Å². The van der Waals surface area contributed by atoms with Gasteiger partial charge in [-0.1, -0.05) is 20.8 Å². The van der Waals surface area contributed by atoms with Crippen LogP contribution in [-0.2, 0) is 4.79 Å². The Morgan fingerprint density at radius 3 is 2.55 bits per heavy atom. The van der Waals surface area contributed by atoms with E-state index in [1.54, 1.807) is 0 Å². The van der Waals surface area contributed by atoms with Crippen molar-refractivity contribution in [3.8, 4) is 0 Å². The minimum absolute atomic E-state index is 0.376. The first-order chi connectivity index (χ1) is 5.16. The van der Waals surface area contributed by atoms with E-state index < -0.39 is 0 Å². The Morgan fingerprint density at radius 2 is 2.09 bits per heavy atom. The lowest BCUT2D eigenvalue weighted by Gasteiger charge is -2.03. The largest absolute Gasteiger partial charge is 0.317 e. The highest BCUT2D eigenvalue weighted by molar-refractivity contribution is 5.78. The molecule has 0 aliphatic rings. The molecule has 0 spiro atoms. The van der Waals surface area contributed by atoms with Crippen LogP contribution < -0.4 is 5.32 Å². The quantitative estimate of drug-likeness (QED) is 0.593. The van der Waals surface area contributed by atoms with Gasteiger partial charge in [-0.3, -0.25) is 4.79 Å². The summed E-state index contributed by atoms with van der Waals surface area (Å²) in [5.74, 6) is 0.880. The molecule has 0 saturated carbocycles. The molecule has 0 aliphatic carbocycles. The smallest absolute Gasteiger partial charge is 0.134 e. The third kappa shape index (κ3) is 7.53. The Morgan fingerprint density at radius 1 is 1.45 bits per heavy atom. The maximum absolute atomic E-state index is 11.1. The molecular weight excluding hydrogens is 138 g/mol. The molecule has 66 valence electrons. The van der Waals surface area contributed by atoms with Gasteiger partial charge in [0.25, 0.3) is 0 Å². The van der Waals surface area contributed by atoms with Gasteiger partial charge in [0.1, 0.15) is 5.78 Å². The summed E-state index contributed by atoms with van der Waals surface area (Å²) in [6.07, 6.45) is 1.41. The molecule has 2 heteroatoms. The van der Waals surface area contributed by atoms with E-state index in [1.807, 2.05) is 6.92 Å². The maximum atomic E-state index is 11.1. The fourth-order valence-corrected chi connectivity index (χ4v) is 0.962. The maximum Gasteiger partial charge on any atom is 0.134 e. The molecule has 0 rings (SSSR count). The first kappa shape index (κ1) is 10.6. The van der Waals surface area contributed by atoms with Gasteiger partial charge in [-0.15, -0.1) is 0 Å². The van der Waals surface area contributed by atoms with Crippen molar-refractivity contribution in [1.29, 1.82) is 0 Å². The van der Waals surface area contributed by atoms with Gasteiger partial charge >= 0.3 is 0 Å². The second-order valence-corrected chi connectivity index (χ2v) is 3.24. The number of carbonyl (C=O) groups is 1. The van der Waals surface area contributed by atoms with E-state index in [-0.39, 0.29) is 0 Å². The fraction of sp³-hybridized carbons (Fsp3) is 0.889. The van der Waals surface area contributed by atoms with Crippen LogP contribution >= 0.6 is 0 Å². The predicted molar refractivity (Wildman–Crippen MR) is 47.6 cm³/mol. The predicted octanol–water partition coefficient (Wildman–Crippen LogP) is 1.60. The summed E-state index contributed by atoms with van der Waals surface area (Å²) in [5, 5.41) is 3.13. The highest BCUT2D eigenvalue weighted by Crippen LogP contribution is 2.01. The highest BCUT2D eigenvalue weighted by atomic mass is 16.1. The van der Waals surface area contributed by atoms with Crippen molar-refractivity contribution >= 4 is 5.78 Å². The Bertz CT molecular complexity index is 110. The number of hydrogen-bond donors (Lipinski definition) is 1. The molecule has 0 amide bonds. The molecule has 0 fully saturated rings. The average Bonchev–Trinajstić information content (AvgIpc) is 1.86. The van der Waals surface area contributed by atoms with Crippen LogP contribution in [0.25, 0.3) is 0 Å². The van der Waals surface area contributed by atoms with Crippen LogP contribution in [0.1, 0.15) is 33.6 Å². The van der Waals surface area contributed by atoms with Crippen LogP contribution in [0.2, 0.25) is 0 Å². The molecule has 0 heterocycles. The SMILES string of the molecule is CCNCCC(=O)CC(C)C. The lowest BCUT2D eigenvalue weighted by molar-refractivity contribution is -0.119. The summed E-state index contributed by atoms with van der Waals surface area (Å²) in [6.45, 7) is 7.99. The van der Waals surface area contributed by atoms with Crippen molar-refractivity contribution in [3.05, 3.63) is 0 Å². The van der Waals surface area contributed by atoms with Gasteiger partial charge in [-0.2, -0.15) is 0 Å². The second-order valence-electron chi connectivity index (χ2n) is 3.24. The number of rotatable bonds is 6. The fourth-order valence-electron chi connectivity index (χ4n) is 0.962. The number of ketones is 1. The lowest BCUT2D eigenvalue weighted by atomic mass is 10.1. The van der Waals surface area contributed by atoms with Crippen molar-refractivity contribution in [2.45, 2.75) is 33.6 Å². The van der Waals surface area contributed by atoms with Crippen molar-refractivity contribution < 1.29 is 4.79 Å². The summed E-state index contributed by atoms with van der Waals surface area (Å²) < 4.78 is 0. The number of Topliss-reactive ketones (excluding diaryl/α,β-unsaturated/α-hetero) is 1. The Hall–Kier alpha value is -0.370. The van der Waals surface area contributed by atoms with Crippen molar-refractivity contribution in [1.82, 2.24) is 5.32 Å². The van der Waals surface area contributed by atoms with E-state index in [0.717, 1.165) is 19.5 Å². The van der Waals surface area contributed by atoms with Crippen LogP contribution in [0, 0.1) is 5.92 Å². The average molecular weight is 157 g/mol. The first-order valence-electron chi connectivity index (χ1n) is 4.39. The van der Waals surface area contributed by atoms with Gasteiger partial charge in [-0.05, 0) is 12.5 Å².